The van der Waals surface area contributed by atoms with Gasteiger partial charge in [-0.1, -0.05) is 18.2 Å². The first-order valence-corrected chi connectivity index (χ1v) is 14.1. The lowest BCUT2D eigenvalue weighted by atomic mass is 9.92. The summed E-state index contributed by atoms with van der Waals surface area (Å²) in [5.41, 5.74) is -1.29. The molecule has 0 spiro atoms. The Hall–Kier alpha value is -4.42. The number of alkyl halides is 3. The second-order valence-corrected chi connectivity index (χ2v) is 10.7. The highest BCUT2D eigenvalue weighted by atomic mass is 19.4. The molecule has 9 nitrogen and oxygen atoms in total. The van der Waals surface area contributed by atoms with Gasteiger partial charge in [0.15, 0.2) is 0 Å². The van der Waals surface area contributed by atoms with Crippen LogP contribution in [-0.2, 0) is 17.4 Å². The number of piperazine rings is 1. The van der Waals surface area contributed by atoms with Crippen LogP contribution in [0.2, 0.25) is 0 Å². The Morgan fingerprint density at radius 2 is 1.70 bits per heavy atom. The van der Waals surface area contributed by atoms with Crippen molar-refractivity contribution < 1.29 is 32.0 Å². The van der Waals surface area contributed by atoms with E-state index in [-0.39, 0.29) is 36.0 Å². The van der Waals surface area contributed by atoms with Crippen LogP contribution in [0.25, 0.3) is 0 Å². The van der Waals surface area contributed by atoms with Crippen LogP contribution in [0, 0.1) is 15.9 Å². The summed E-state index contributed by atoms with van der Waals surface area (Å²) in [6.07, 6.45) is -2.09. The number of ether oxygens (including phenoxy) is 1. The van der Waals surface area contributed by atoms with E-state index < -0.39 is 22.4 Å². The van der Waals surface area contributed by atoms with Crippen LogP contribution in [0.3, 0.4) is 0 Å². The summed E-state index contributed by atoms with van der Waals surface area (Å²) in [5.74, 6) is 0.890. The maximum atomic E-state index is 13.3. The van der Waals surface area contributed by atoms with Gasteiger partial charge in [0.2, 0.25) is 11.8 Å². The third kappa shape index (κ3) is 7.70. The van der Waals surface area contributed by atoms with Crippen LogP contribution in [-0.4, -0.2) is 59.0 Å². The predicted octanol–water partition coefficient (Wildman–Crippen LogP) is 5.84. The first-order chi connectivity index (χ1) is 20.5. The molecule has 13 heteroatoms. The van der Waals surface area contributed by atoms with E-state index in [0.717, 1.165) is 23.5 Å². The van der Waals surface area contributed by atoms with Crippen molar-refractivity contribution in [2.24, 2.45) is 0 Å². The standard InChI is InChI=1S/C30H31F4N5O4/c31-21-6-4-20(5-7-21)18-29(40)38-16-14-37(15-17-38)27-2-1-3-28(36-27)43-24-11-8-22(9-12-24)35-23-10-13-26(39(41)42)25(19-23)30(32,33)34/h1-7,10,13,19,22,24,35H,8-9,11-12,14-18H2/t22-,24-. The number of nitrogens with one attached hydrogen (secondary N) is 1. The van der Waals surface area contributed by atoms with Gasteiger partial charge in [0.1, 0.15) is 23.3 Å². The van der Waals surface area contributed by atoms with Gasteiger partial charge in [-0.15, -0.1) is 0 Å². The van der Waals surface area contributed by atoms with Crippen molar-refractivity contribution in [3.8, 4) is 5.88 Å². The van der Waals surface area contributed by atoms with Gasteiger partial charge in [-0.25, -0.2) is 4.39 Å². The molecule has 2 fully saturated rings. The SMILES string of the molecule is O=C(Cc1ccc(F)cc1)N1CCN(c2cccc(O[C@H]3CC[C@H](Nc4ccc([N+](=O)[O-])c(C(F)(F)F)c4)CC3)n2)CC1. The molecule has 0 unspecified atom stereocenters. The van der Waals surface area contributed by atoms with Crippen LogP contribution in [0.15, 0.2) is 60.7 Å². The third-order valence-corrected chi connectivity index (χ3v) is 7.76. The maximum Gasteiger partial charge on any atom is 0.423 e. The average molecular weight is 602 g/mol. The molecule has 228 valence electrons. The topological polar surface area (TPSA) is 101 Å². The largest absolute Gasteiger partial charge is 0.474 e. The van der Waals surface area contributed by atoms with Gasteiger partial charge < -0.3 is 19.9 Å². The molecule has 3 aromatic rings. The summed E-state index contributed by atoms with van der Waals surface area (Å²) in [4.78, 5) is 31.2. The molecule has 0 radical (unpaired) electrons. The monoisotopic (exact) mass is 601 g/mol. The van der Waals surface area contributed by atoms with E-state index in [2.05, 4.69) is 15.2 Å². The summed E-state index contributed by atoms with van der Waals surface area (Å²) >= 11 is 0. The molecular weight excluding hydrogens is 570 g/mol. The second kappa shape index (κ2) is 12.8. The summed E-state index contributed by atoms with van der Waals surface area (Å²) in [7, 11) is 0. The molecule has 0 bridgehead atoms. The minimum absolute atomic E-state index is 0.00392. The summed E-state index contributed by atoms with van der Waals surface area (Å²) in [6.45, 7) is 2.31. The molecule has 2 aliphatic rings. The zero-order valence-corrected chi connectivity index (χ0v) is 23.2. The lowest BCUT2D eigenvalue weighted by molar-refractivity contribution is -0.388. The Labute approximate surface area is 245 Å². The summed E-state index contributed by atoms with van der Waals surface area (Å²) in [5, 5.41) is 14.1. The molecule has 1 amide bonds. The number of nitro benzene ring substituents is 1. The zero-order valence-electron chi connectivity index (χ0n) is 23.2. The first-order valence-electron chi connectivity index (χ1n) is 14.1. The number of hydrogen-bond acceptors (Lipinski definition) is 7. The number of anilines is 2. The number of carbonyl (C=O) groups excluding carboxylic acids is 1. The Kier molecular flexibility index (Phi) is 8.97. The Morgan fingerprint density at radius 3 is 2.35 bits per heavy atom. The summed E-state index contributed by atoms with van der Waals surface area (Å²) in [6, 6.07) is 14.3. The van der Waals surface area contributed by atoms with Gasteiger partial charge in [-0.2, -0.15) is 18.2 Å². The van der Waals surface area contributed by atoms with Crippen molar-refractivity contribution >= 4 is 23.1 Å². The first kappa shape index (κ1) is 30.1. The molecule has 1 N–H and O–H groups in total. The molecule has 2 heterocycles. The van der Waals surface area contributed by atoms with Crippen LogP contribution >= 0.6 is 0 Å². The van der Waals surface area contributed by atoms with Crippen LogP contribution in [0.4, 0.5) is 34.8 Å². The van der Waals surface area contributed by atoms with E-state index in [0.29, 0.717) is 57.7 Å². The van der Waals surface area contributed by atoms with Crippen LogP contribution < -0.4 is 15.0 Å². The second-order valence-electron chi connectivity index (χ2n) is 10.7. The molecular formula is C30H31F4N5O4. The van der Waals surface area contributed by atoms with E-state index in [4.69, 9.17) is 4.74 Å². The van der Waals surface area contributed by atoms with E-state index in [1.165, 1.54) is 18.2 Å². The molecule has 2 aromatic carbocycles. The van der Waals surface area contributed by atoms with Gasteiger partial charge in [0.25, 0.3) is 5.69 Å². The number of benzene rings is 2. The number of nitrogens with zero attached hydrogens (tertiary/aromatic N) is 4. The highest BCUT2D eigenvalue weighted by Gasteiger charge is 2.38. The third-order valence-electron chi connectivity index (χ3n) is 7.76. The maximum absolute atomic E-state index is 13.3. The minimum Gasteiger partial charge on any atom is -0.474 e. The van der Waals surface area contributed by atoms with Crippen LogP contribution in [0.1, 0.15) is 36.8 Å². The summed E-state index contributed by atoms with van der Waals surface area (Å²) < 4.78 is 59.3. The molecule has 5 rings (SSSR count). The lowest BCUT2D eigenvalue weighted by Crippen LogP contribution is -2.49. The van der Waals surface area contributed by atoms with E-state index >= 15 is 0 Å². The van der Waals surface area contributed by atoms with Crippen molar-refractivity contribution in [1.29, 1.82) is 0 Å². The number of pyridine rings is 1. The normalized spacial score (nSPS) is 19.2. The van der Waals surface area contributed by atoms with Crippen molar-refractivity contribution in [2.45, 2.75) is 50.4 Å². The molecule has 1 aliphatic heterocycles. The van der Waals surface area contributed by atoms with Crippen molar-refractivity contribution in [3.63, 3.8) is 0 Å². The van der Waals surface area contributed by atoms with Gasteiger partial charge >= 0.3 is 6.18 Å². The predicted molar refractivity (Wildman–Crippen MR) is 152 cm³/mol. The highest BCUT2D eigenvalue weighted by Crippen LogP contribution is 2.38. The molecule has 43 heavy (non-hydrogen) atoms. The Balaban J connectivity index is 1.10. The number of rotatable bonds is 8. The fourth-order valence-corrected chi connectivity index (χ4v) is 5.46. The Bertz CT molecular complexity index is 1440. The van der Waals surface area contributed by atoms with Crippen molar-refractivity contribution in [1.82, 2.24) is 9.88 Å². The van der Waals surface area contributed by atoms with Crippen LogP contribution in [0.5, 0.6) is 5.88 Å². The van der Waals surface area contributed by atoms with Gasteiger partial charge in [0, 0.05) is 50.0 Å². The quantitative estimate of drug-likeness (QED) is 0.197. The van der Waals surface area contributed by atoms with Crippen molar-refractivity contribution in [2.75, 3.05) is 36.4 Å². The molecule has 0 atom stereocenters. The van der Waals surface area contributed by atoms with E-state index in [1.54, 1.807) is 23.1 Å². The molecule has 1 aliphatic carbocycles. The van der Waals surface area contributed by atoms with E-state index in [9.17, 15) is 32.5 Å². The Morgan fingerprint density at radius 1 is 1.00 bits per heavy atom. The fourth-order valence-electron chi connectivity index (χ4n) is 5.46. The number of aromatic nitrogens is 1. The zero-order chi connectivity index (χ0) is 30.6. The smallest absolute Gasteiger partial charge is 0.423 e. The van der Waals surface area contributed by atoms with Crippen molar-refractivity contribution in [3.05, 3.63) is 87.7 Å². The molecule has 1 saturated carbocycles. The number of amides is 1. The number of halogens is 4. The highest BCUT2D eigenvalue weighted by molar-refractivity contribution is 5.79. The fraction of sp³-hybridized carbons (Fsp3) is 0.400. The number of carbonyl (C=O) groups is 1. The lowest BCUT2D eigenvalue weighted by Gasteiger charge is -2.35. The molecule has 1 aromatic heterocycles. The van der Waals surface area contributed by atoms with Gasteiger partial charge in [0.05, 0.1) is 11.3 Å². The molecule has 1 saturated heterocycles. The number of nitro groups is 1. The average Bonchev–Trinajstić information content (AvgIpc) is 2.99. The number of hydrogen-bond donors (Lipinski definition) is 1. The van der Waals surface area contributed by atoms with E-state index in [1.807, 2.05) is 12.1 Å². The minimum atomic E-state index is -4.83. The van der Waals surface area contributed by atoms with Gasteiger partial charge in [-0.3, -0.25) is 14.9 Å². The van der Waals surface area contributed by atoms with Gasteiger partial charge in [-0.05, 0) is 61.6 Å².